The number of ether oxygens (including phenoxy) is 2. The summed E-state index contributed by atoms with van der Waals surface area (Å²) in [5.74, 6) is -8.10. The van der Waals surface area contributed by atoms with Gasteiger partial charge in [-0.25, -0.2) is 9.37 Å². The number of alkyl halides is 3. The van der Waals surface area contributed by atoms with Gasteiger partial charge in [0, 0.05) is 29.2 Å². The van der Waals surface area contributed by atoms with Crippen molar-refractivity contribution in [3.8, 4) is 5.75 Å². The fourth-order valence-electron chi connectivity index (χ4n) is 3.89. The Morgan fingerprint density at radius 3 is 2.48 bits per heavy atom. The number of pyridine rings is 1. The molecule has 178 valence electrons. The Bertz CT molecular complexity index is 1090. The summed E-state index contributed by atoms with van der Waals surface area (Å²) < 4.78 is 80.0. The maximum atomic E-state index is 14.3. The molecular formula is C21H20F5N3O4. The Kier molecular flexibility index (Phi) is 6.33. The molecule has 2 heterocycles. The van der Waals surface area contributed by atoms with Gasteiger partial charge in [0.25, 0.3) is 5.91 Å². The number of primary amides is 1. The number of aromatic nitrogens is 1. The van der Waals surface area contributed by atoms with Gasteiger partial charge in [-0.3, -0.25) is 9.59 Å². The Labute approximate surface area is 185 Å². The third-order valence-electron chi connectivity index (χ3n) is 5.87. The van der Waals surface area contributed by atoms with Crippen LogP contribution in [-0.2, 0) is 9.53 Å². The molecule has 1 fully saturated rings. The van der Waals surface area contributed by atoms with Crippen molar-refractivity contribution >= 4 is 17.6 Å². The van der Waals surface area contributed by atoms with Gasteiger partial charge in [0.05, 0.1) is 7.11 Å². The number of nitrogens with one attached hydrogen (secondary N) is 1. The maximum Gasteiger partial charge on any atom is 0.417 e. The molecule has 3 rings (SSSR count). The summed E-state index contributed by atoms with van der Waals surface area (Å²) in [6.45, 7) is 1.97. The molecule has 1 aromatic heterocycles. The number of carbonyl (C=O) groups excluding carboxylic acids is 2. The van der Waals surface area contributed by atoms with Crippen LogP contribution in [0.2, 0.25) is 0 Å². The summed E-state index contributed by atoms with van der Waals surface area (Å²) in [5.41, 5.74) is 2.22. The average Bonchev–Trinajstić information content (AvgIpc) is 3.02. The van der Waals surface area contributed by atoms with E-state index in [0.717, 1.165) is 32.2 Å². The van der Waals surface area contributed by atoms with Crippen molar-refractivity contribution in [3.63, 3.8) is 0 Å². The second kappa shape index (κ2) is 8.58. The summed E-state index contributed by atoms with van der Waals surface area (Å²) in [6.07, 6.45) is -5.51. The minimum absolute atomic E-state index is 0.0000342. The van der Waals surface area contributed by atoms with Crippen molar-refractivity contribution in [2.45, 2.75) is 37.6 Å². The fourth-order valence-corrected chi connectivity index (χ4v) is 3.89. The normalized spacial score (nSPS) is 25.0. The molecule has 1 aliphatic rings. The molecule has 0 spiro atoms. The van der Waals surface area contributed by atoms with Crippen molar-refractivity contribution < 1.29 is 41.0 Å². The zero-order valence-corrected chi connectivity index (χ0v) is 17.7. The van der Waals surface area contributed by atoms with Crippen LogP contribution in [0.15, 0.2) is 30.5 Å². The number of hydrogen-bond acceptors (Lipinski definition) is 5. The molecule has 2 amide bonds. The average molecular weight is 473 g/mol. The minimum Gasteiger partial charge on any atom is -0.493 e. The number of rotatable bonds is 5. The first-order chi connectivity index (χ1) is 15.3. The highest BCUT2D eigenvalue weighted by Crippen LogP contribution is 2.54. The van der Waals surface area contributed by atoms with Crippen LogP contribution in [0.5, 0.6) is 5.75 Å². The van der Waals surface area contributed by atoms with Crippen molar-refractivity contribution in [1.82, 2.24) is 4.98 Å². The van der Waals surface area contributed by atoms with Crippen LogP contribution in [0, 0.1) is 17.6 Å². The molecule has 0 bridgehead atoms. The fraction of sp³-hybridized carbons (Fsp3) is 0.381. The minimum atomic E-state index is -4.89. The molecule has 0 aliphatic carbocycles. The summed E-state index contributed by atoms with van der Waals surface area (Å²) in [7, 11) is 1.03. The third kappa shape index (κ3) is 4.22. The molecule has 1 aliphatic heterocycles. The predicted molar refractivity (Wildman–Crippen MR) is 106 cm³/mol. The van der Waals surface area contributed by atoms with E-state index in [1.165, 1.54) is 19.2 Å². The number of methoxy groups -OCH3 is 1. The summed E-state index contributed by atoms with van der Waals surface area (Å²) in [6, 6.07) is 4.20. The van der Waals surface area contributed by atoms with Gasteiger partial charge >= 0.3 is 6.18 Å². The smallest absolute Gasteiger partial charge is 0.417 e. The lowest BCUT2D eigenvalue weighted by Crippen LogP contribution is -2.47. The lowest BCUT2D eigenvalue weighted by molar-refractivity contribution is -0.272. The highest BCUT2D eigenvalue weighted by atomic mass is 19.4. The molecule has 33 heavy (non-hydrogen) atoms. The monoisotopic (exact) mass is 473 g/mol. The van der Waals surface area contributed by atoms with E-state index in [9.17, 15) is 31.5 Å². The van der Waals surface area contributed by atoms with Crippen molar-refractivity contribution in [1.29, 1.82) is 0 Å². The van der Waals surface area contributed by atoms with Gasteiger partial charge in [-0.05, 0) is 25.1 Å². The molecule has 12 heteroatoms. The van der Waals surface area contributed by atoms with E-state index in [2.05, 4.69) is 10.3 Å². The first kappa shape index (κ1) is 24.4. The number of carbonyl (C=O) groups is 2. The van der Waals surface area contributed by atoms with Gasteiger partial charge in [0.1, 0.15) is 11.9 Å². The number of benzene rings is 1. The maximum absolute atomic E-state index is 14.3. The first-order valence-corrected chi connectivity index (χ1v) is 9.65. The molecule has 4 atom stereocenters. The highest BCUT2D eigenvalue weighted by Gasteiger charge is 2.65. The van der Waals surface area contributed by atoms with Crippen molar-refractivity contribution in [2.75, 3.05) is 12.4 Å². The molecule has 1 saturated heterocycles. The molecule has 1 aromatic carbocycles. The highest BCUT2D eigenvalue weighted by molar-refractivity contribution is 5.97. The number of anilines is 1. The van der Waals surface area contributed by atoms with Gasteiger partial charge in [-0.2, -0.15) is 17.6 Å². The van der Waals surface area contributed by atoms with E-state index >= 15 is 0 Å². The lowest BCUT2D eigenvalue weighted by Gasteiger charge is -2.32. The van der Waals surface area contributed by atoms with E-state index < -0.39 is 58.9 Å². The predicted octanol–water partition coefficient (Wildman–Crippen LogP) is 3.55. The van der Waals surface area contributed by atoms with Gasteiger partial charge < -0.3 is 20.5 Å². The molecule has 0 unspecified atom stereocenters. The zero-order chi connectivity index (χ0) is 24.7. The van der Waals surface area contributed by atoms with Crippen LogP contribution in [0.25, 0.3) is 0 Å². The van der Waals surface area contributed by atoms with Crippen LogP contribution in [0.4, 0.5) is 27.8 Å². The molecule has 0 radical (unpaired) electrons. The van der Waals surface area contributed by atoms with E-state index in [1.807, 2.05) is 0 Å². The first-order valence-electron chi connectivity index (χ1n) is 9.65. The van der Waals surface area contributed by atoms with E-state index in [4.69, 9.17) is 15.2 Å². The van der Waals surface area contributed by atoms with Gasteiger partial charge in [0.15, 0.2) is 17.2 Å². The molecule has 7 nitrogen and oxygen atoms in total. The van der Waals surface area contributed by atoms with Crippen molar-refractivity contribution in [2.24, 2.45) is 11.7 Å². The summed E-state index contributed by atoms with van der Waals surface area (Å²) in [4.78, 5) is 28.2. The number of halogens is 5. The van der Waals surface area contributed by atoms with E-state index in [1.54, 1.807) is 0 Å². The molecule has 0 saturated carbocycles. The van der Waals surface area contributed by atoms with Gasteiger partial charge in [-0.15, -0.1) is 0 Å². The van der Waals surface area contributed by atoms with Crippen LogP contribution in [-0.4, -0.2) is 41.8 Å². The SMILES string of the molecule is COc1c([C@@H]2[C@@H](C(=O)Nc3cc(C(N)=O)ccn3)O[C@@](C)(C(F)(F)F)[C@H]2C)ccc(F)c1F. The second-order valence-corrected chi connectivity index (χ2v) is 7.72. The topological polar surface area (TPSA) is 104 Å². The quantitative estimate of drug-likeness (QED) is 0.647. The lowest BCUT2D eigenvalue weighted by atomic mass is 9.77. The Morgan fingerprint density at radius 1 is 1.24 bits per heavy atom. The van der Waals surface area contributed by atoms with E-state index in [-0.39, 0.29) is 16.9 Å². The summed E-state index contributed by atoms with van der Waals surface area (Å²) >= 11 is 0. The standard InChI is InChI=1S/C21H20F5N3O4/c1-9-14(11-4-5-12(22)15(23)16(11)32-3)17(33-20(9,2)21(24,25)26)19(31)29-13-8-10(18(27)30)6-7-28-13/h4-9,14,17H,1-3H3,(H2,27,30)(H,28,29,31)/t9-,14+,17-,20+/m0/s1. The van der Waals surface area contributed by atoms with Crippen LogP contribution in [0.3, 0.4) is 0 Å². The Hall–Kier alpha value is -3.28. The number of nitrogens with two attached hydrogens (primary N) is 1. The van der Waals surface area contributed by atoms with Crippen LogP contribution < -0.4 is 15.8 Å². The van der Waals surface area contributed by atoms with Crippen LogP contribution >= 0.6 is 0 Å². The molecule has 3 N–H and O–H groups in total. The largest absolute Gasteiger partial charge is 0.493 e. The van der Waals surface area contributed by atoms with Crippen LogP contribution in [0.1, 0.15) is 35.7 Å². The number of nitrogens with zero attached hydrogens (tertiary/aromatic N) is 1. The number of hydrogen-bond donors (Lipinski definition) is 2. The Morgan fingerprint density at radius 2 is 1.91 bits per heavy atom. The van der Waals surface area contributed by atoms with E-state index in [0.29, 0.717) is 0 Å². The van der Waals surface area contributed by atoms with Crippen molar-refractivity contribution in [3.05, 3.63) is 53.2 Å². The molecular weight excluding hydrogens is 453 g/mol. The number of amides is 2. The molecule has 2 aromatic rings. The second-order valence-electron chi connectivity index (χ2n) is 7.72. The van der Waals surface area contributed by atoms with Gasteiger partial charge in [-0.1, -0.05) is 13.0 Å². The third-order valence-corrected chi connectivity index (χ3v) is 5.87. The zero-order valence-electron chi connectivity index (χ0n) is 17.7. The van der Waals surface area contributed by atoms with Gasteiger partial charge in [0.2, 0.25) is 11.7 Å². The Balaban J connectivity index is 2.07. The summed E-state index contributed by atoms with van der Waals surface area (Å²) in [5, 5.41) is 2.29.